The Morgan fingerprint density at radius 1 is 1.36 bits per heavy atom. The lowest BCUT2D eigenvalue weighted by atomic mass is 10.1. The van der Waals surface area contributed by atoms with Crippen molar-refractivity contribution < 1.29 is 0 Å². The van der Waals surface area contributed by atoms with Gasteiger partial charge in [-0.3, -0.25) is 0 Å². The van der Waals surface area contributed by atoms with E-state index in [-0.39, 0.29) is 0 Å². The van der Waals surface area contributed by atoms with Crippen molar-refractivity contribution in [2.24, 2.45) is 0 Å². The van der Waals surface area contributed by atoms with E-state index in [0.29, 0.717) is 0 Å². The molecule has 0 nitrogen and oxygen atoms in total. The number of hydrogen-bond acceptors (Lipinski definition) is 1. The van der Waals surface area contributed by atoms with Crippen LogP contribution < -0.4 is 0 Å². The van der Waals surface area contributed by atoms with Gasteiger partial charge in [-0.05, 0) is 25.0 Å². The second-order valence-electron chi connectivity index (χ2n) is 2.83. The number of thiol groups is 1. The van der Waals surface area contributed by atoms with Crippen LogP contribution in [0.25, 0.3) is 0 Å². The van der Waals surface area contributed by atoms with Gasteiger partial charge in [-0.25, -0.2) is 0 Å². The van der Waals surface area contributed by atoms with Crippen molar-refractivity contribution >= 4 is 12.6 Å². The monoisotopic (exact) mass is 172 g/mol. The first kappa shape index (κ1) is 11.1. The fraction of sp³-hybridized carbons (Fsp3) is 0.800. The van der Waals surface area contributed by atoms with Crippen molar-refractivity contribution in [2.75, 3.05) is 5.75 Å². The van der Waals surface area contributed by atoms with Crippen LogP contribution in [0.2, 0.25) is 0 Å². The molecular formula is C10H20S. The number of unbranched alkanes of at least 4 members (excludes halogenated alkanes) is 2. The summed E-state index contributed by atoms with van der Waals surface area (Å²) in [5.74, 6) is 0.992. The largest absolute Gasteiger partial charge is 0.179 e. The third-order valence-electron chi connectivity index (χ3n) is 1.88. The lowest BCUT2D eigenvalue weighted by Gasteiger charge is -2.00. The van der Waals surface area contributed by atoms with Gasteiger partial charge in [0.2, 0.25) is 0 Å². The molecule has 66 valence electrons. The Labute approximate surface area is 76.5 Å². The summed E-state index contributed by atoms with van der Waals surface area (Å²) in [6, 6.07) is 0. The van der Waals surface area contributed by atoms with Crippen molar-refractivity contribution in [1.29, 1.82) is 0 Å². The summed E-state index contributed by atoms with van der Waals surface area (Å²) in [6.45, 7) is 4.46. The Bertz CT molecular complexity index is 105. The predicted molar refractivity (Wildman–Crippen MR) is 56.4 cm³/mol. The standard InChI is InChI=1S/C10H20S/c1-3-5-6-7-10(4-2)8-9-11/h7,11H,3-6,8-9H2,1-2H3. The zero-order valence-electron chi connectivity index (χ0n) is 7.77. The average molecular weight is 172 g/mol. The summed E-state index contributed by atoms with van der Waals surface area (Å²) in [5.41, 5.74) is 1.58. The molecule has 0 aliphatic carbocycles. The molecule has 1 heteroatoms. The zero-order chi connectivity index (χ0) is 8.53. The molecule has 0 radical (unpaired) electrons. The van der Waals surface area contributed by atoms with Crippen molar-refractivity contribution in [3.8, 4) is 0 Å². The third-order valence-corrected chi connectivity index (χ3v) is 2.10. The quantitative estimate of drug-likeness (QED) is 0.351. The van der Waals surface area contributed by atoms with Gasteiger partial charge in [-0.1, -0.05) is 38.3 Å². The second-order valence-corrected chi connectivity index (χ2v) is 3.28. The molecule has 0 heterocycles. The highest BCUT2D eigenvalue weighted by molar-refractivity contribution is 7.80. The molecule has 0 N–H and O–H groups in total. The zero-order valence-corrected chi connectivity index (χ0v) is 8.66. The van der Waals surface area contributed by atoms with E-state index in [0.717, 1.165) is 5.75 Å². The van der Waals surface area contributed by atoms with Crippen LogP contribution in [0.15, 0.2) is 11.6 Å². The van der Waals surface area contributed by atoms with Crippen molar-refractivity contribution in [3.63, 3.8) is 0 Å². The van der Waals surface area contributed by atoms with Gasteiger partial charge < -0.3 is 0 Å². The highest BCUT2D eigenvalue weighted by atomic mass is 32.1. The Hall–Kier alpha value is 0.0900. The third kappa shape index (κ3) is 6.49. The van der Waals surface area contributed by atoms with Gasteiger partial charge in [0.1, 0.15) is 0 Å². The number of rotatable bonds is 6. The molecule has 11 heavy (non-hydrogen) atoms. The van der Waals surface area contributed by atoms with E-state index in [1.807, 2.05) is 0 Å². The number of allylic oxidation sites excluding steroid dienone is 2. The maximum atomic E-state index is 4.22. The Morgan fingerprint density at radius 3 is 2.55 bits per heavy atom. The van der Waals surface area contributed by atoms with Gasteiger partial charge in [0.15, 0.2) is 0 Å². The van der Waals surface area contributed by atoms with E-state index >= 15 is 0 Å². The minimum atomic E-state index is 0.992. The normalized spacial score (nSPS) is 12.1. The topological polar surface area (TPSA) is 0 Å². The molecule has 0 unspecified atom stereocenters. The maximum Gasteiger partial charge on any atom is -0.00606 e. The minimum Gasteiger partial charge on any atom is -0.179 e. The SMILES string of the molecule is CCCCC=C(CC)CCS. The van der Waals surface area contributed by atoms with Gasteiger partial charge in [0, 0.05) is 0 Å². The van der Waals surface area contributed by atoms with E-state index < -0.39 is 0 Å². The van der Waals surface area contributed by atoms with Gasteiger partial charge in [0.05, 0.1) is 0 Å². The smallest absolute Gasteiger partial charge is 0.00606 e. The molecule has 0 spiro atoms. The molecule has 0 aliphatic rings. The molecule has 0 saturated carbocycles. The van der Waals surface area contributed by atoms with Crippen LogP contribution in [0.3, 0.4) is 0 Å². The summed E-state index contributed by atoms with van der Waals surface area (Å²) in [4.78, 5) is 0. The van der Waals surface area contributed by atoms with Crippen LogP contribution >= 0.6 is 12.6 Å². The van der Waals surface area contributed by atoms with Gasteiger partial charge in [0.25, 0.3) is 0 Å². The molecule has 0 atom stereocenters. The van der Waals surface area contributed by atoms with Gasteiger partial charge >= 0.3 is 0 Å². The van der Waals surface area contributed by atoms with E-state index in [2.05, 4.69) is 32.6 Å². The first-order valence-electron chi connectivity index (χ1n) is 4.63. The first-order valence-corrected chi connectivity index (χ1v) is 5.27. The van der Waals surface area contributed by atoms with E-state index in [1.54, 1.807) is 5.57 Å². The minimum absolute atomic E-state index is 0.992. The summed E-state index contributed by atoms with van der Waals surface area (Å²) in [5, 5.41) is 0. The van der Waals surface area contributed by atoms with Crippen molar-refractivity contribution in [3.05, 3.63) is 11.6 Å². The summed E-state index contributed by atoms with van der Waals surface area (Å²) in [6.07, 6.45) is 8.64. The molecule has 0 bridgehead atoms. The van der Waals surface area contributed by atoms with Gasteiger partial charge in [-0.2, -0.15) is 12.6 Å². The van der Waals surface area contributed by atoms with E-state index in [9.17, 15) is 0 Å². The van der Waals surface area contributed by atoms with E-state index in [4.69, 9.17) is 0 Å². The maximum absolute atomic E-state index is 4.22. The molecule has 0 aromatic carbocycles. The van der Waals surface area contributed by atoms with Crippen LogP contribution in [0, 0.1) is 0 Å². The highest BCUT2D eigenvalue weighted by Gasteiger charge is 1.91. The van der Waals surface area contributed by atoms with E-state index in [1.165, 1.54) is 32.1 Å². The lowest BCUT2D eigenvalue weighted by molar-refractivity contribution is 0.802. The summed E-state index contributed by atoms with van der Waals surface area (Å²) < 4.78 is 0. The molecule has 0 rings (SSSR count). The highest BCUT2D eigenvalue weighted by Crippen LogP contribution is 2.09. The van der Waals surface area contributed by atoms with Gasteiger partial charge in [-0.15, -0.1) is 0 Å². The molecular weight excluding hydrogens is 152 g/mol. The predicted octanol–water partition coefficient (Wildman–Crippen LogP) is 3.83. The van der Waals surface area contributed by atoms with Crippen LogP contribution in [-0.4, -0.2) is 5.75 Å². The molecule has 0 fully saturated rings. The Balaban J connectivity index is 3.52. The lowest BCUT2D eigenvalue weighted by Crippen LogP contribution is -1.83. The Morgan fingerprint density at radius 2 is 2.09 bits per heavy atom. The molecule has 0 amide bonds. The first-order chi connectivity index (χ1) is 5.35. The van der Waals surface area contributed by atoms with Crippen molar-refractivity contribution in [1.82, 2.24) is 0 Å². The second kappa shape index (κ2) is 8.19. The van der Waals surface area contributed by atoms with Crippen molar-refractivity contribution in [2.45, 2.75) is 46.0 Å². The summed E-state index contributed by atoms with van der Waals surface area (Å²) in [7, 11) is 0. The summed E-state index contributed by atoms with van der Waals surface area (Å²) >= 11 is 4.22. The van der Waals surface area contributed by atoms with Crippen LogP contribution in [0.5, 0.6) is 0 Å². The molecule has 0 aromatic rings. The molecule has 0 saturated heterocycles. The number of hydrogen-bond donors (Lipinski definition) is 1. The Kier molecular flexibility index (Phi) is 8.26. The molecule has 0 aromatic heterocycles. The van der Waals surface area contributed by atoms with Crippen LogP contribution in [0.1, 0.15) is 46.0 Å². The molecule has 0 aliphatic heterocycles. The fourth-order valence-corrected chi connectivity index (χ4v) is 1.36. The average Bonchev–Trinajstić information content (AvgIpc) is 2.03. The van der Waals surface area contributed by atoms with Crippen LogP contribution in [0.4, 0.5) is 0 Å². The fourth-order valence-electron chi connectivity index (χ4n) is 1.08. The van der Waals surface area contributed by atoms with Crippen LogP contribution in [-0.2, 0) is 0 Å².